The quantitative estimate of drug-likeness (QED) is 0.738. The first-order valence-corrected chi connectivity index (χ1v) is 8.20. The second kappa shape index (κ2) is 4.96. The largest absolute Gasteiger partial charge is 0.364 e. The van der Waals surface area contributed by atoms with Gasteiger partial charge in [0, 0.05) is 22.5 Å². The molecule has 2 heterocycles. The maximum absolute atomic E-state index is 12.7. The number of nitrogens with one attached hydrogen (secondary N) is 1. The molecular weight excluding hydrogens is 310 g/mol. The lowest BCUT2D eigenvalue weighted by Gasteiger charge is -2.31. The van der Waals surface area contributed by atoms with Crippen molar-refractivity contribution in [3.63, 3.8) is 0 Å². The summed E-state index contributed by atoms with van der Waals surface area (Å²) in [4.78, 5) is 16.0. The fourth-order valence-electron chi connectivity index (χ4n) is 3.36. The molecule has 1 N–H and O–H groups in total. The molecule has 0 amide bonds. The first kappa shape index (κ1) is 14.5. The summed E-state index contributed by atoms with van der Waals surface area (Å²) in [5.74, 6) is 0. The molecule has 0 saturated heterocycles. The second-order valence-corrected chi connectivity index (χ2v) is 7.48. The lowest BCUT2D eigenvalue weighted by molar-refractivity contribution is 0.312. The number of hydrogen-bond donors (Lipinski definition) is 1. The van der Waals surface area contributed by atoms with E-state index >= 15 is 0 Å². The summed E-state index contributed by atoms with van der Waals surface area (Å²) in [6, 6.07) is 7.17. The van der Waals surface area contributed by atoms with Crippen LogP contribution in [-0.2, 0) is 12.8 Å². The highest BCUT2D eigenvalue weighted by atomic mass is 35.5. The van der Waals surface area contributed by atoms with Crippen LogP contribution in [0.4, 0.5) is 0 Å². The van der Waals surface area contributed by atoms with Gasteiger partial charge in [0.2, 0.25) is 0 Å². The van der Waals surface area contributed by atoms with Gasteiger partial charge in [0.25, 0.3) is 5.56 Å². The number of aryl methyl sites for hydroxylation is 1. The van der Waals surface area contributed by atoms with Crippen LogP contribution < -0.4 is 5.56 Å². The number of aromatic amines is 1. The summed E-state index contributed by atoms with van der Waals surface area (Å²) >= 11 is 5.93. The number of rotatable bonds is 1. The average Bonchev–Trinajstić information content (AvgIpc) is 2.85. The van der Waals surface area contributed by atoms with Gasteiger partial charge >= 0.3 is 0 Å². The Kier molecular flexibility index (Phi) is 3.13. The molecule has 0 atom stereocenters. The number of nitrogens with zero attached hydrogens (tertiary/aromatic N) is 2. The topological polar surface area (TPSA) is 50.7 Å². The van der Waals surface area contributed by atoms with E-state index in [0.29, 0.717) is 10.6 Å². The fraction of sp³-hybridized carbons (Fsp3) is 0.333. The predicted molar refractivity (Wildman–Crippen MR) is 91.6 cm³/mol. The Bertz CT molecular complexity index is 905. The van der Waals surface area contributed by atoms with Crippen LogP contribution in [0.3, 0.4) is 0 Å². The minimum atomic E-state index is -0.0928. The third-order valence-corrected chi connectivity index (χ3v) is 4.95. The zero-order valence-electron chi connectivity index (χ0n) is 13.2. The Balaban J connectivity index is 1.92. The van der Waals surface area contributed by atoms with Crippen LogP contribution in [0.5, 0.6) is 0 Å². The van der Waals surface area contributed by atoms with E-state index in [1.165, 1.54) is 15.9 Å². The molecule has 3 aliphatic rings. The molecule has 23 heavy (non-hydrogen) atoms. The van der Waals surface area contributed by atoms with Crippen LogP contribution in [0.1, 0.15) is 31.5 Å². The van der Waals surface area contributed by atoms with E-state index in [4.69, 9.17) is 11.6 Å². The standard InChI is InChI=1S/C18H18ClN3O/c1-18(2)8-7-15-13(9-18)16-14(10-20-15)17(23)22(21-16)12-5-3-11(19)4-6-12/h3-6,10,20H,7-9H2,1-2H3. The van der Waals surface area contributed by atoms with Gasteiger partial charge in [0.05, 0.1) is 11.3 Å². The van der Waals surface area contributed by atoms with Gasteiger partial charge in [-0.15, -0.1) is 0 Å². The zero-order chi connectivity index (χ0) is 16.2. The Morgan fingerprint density at radius 1 is 1.26 bits per heavy atom. The molecule has 0 radical (unpaired) electrons. The molecule has 0 bridgehead atoms. The van der Waals surface area contributed by atoms with Gasteiger partial charge in [0.15, 0.2) is 0 Å². The van der Waals surface area contributed by atoms with Gasteiger partial charge in [-0.1, -0.05) is 25.4 Å². The van der Waals surface area contributed by atoms with Crippen LogP contribution in [0, 0.1) is 5.41 Å². The molecule has 0 spiro atoms. The van der Waals surface area contributed by atoms with Crippen LogP contribution >= 0.6 is 11.6 Å². The highest BCUT2D eigenvalue weighted by Crippen LogP contribution is 2.38. The molecule has 118 valence electrons. The van der Waals surface area contributed by atoms with E-state index in [2.05, 4.69) is 23.9 Å². The molecule has 2 aliphatic heterocycles. The monoisotopic (exact) mass is 327 g/mol. The molecule has 1 aliphatic carbocycles. The van der Waals surface area contributed by atoms with Crippen molar-refractivity contribution >= 4 is 11.6 Å². The highest BCUT2D eigenvalue weighted by molar-refractivity contribution is 6.30. The molecule has 4 nitrogen and oxygen atoms in total. The van der Waals surface area contributed by atoms with Crippen molar-refractivity contribution in [2.45, 2.75) is 33.1 Å². The summed E-state index contributed by atoms with van der Waals surface area (Å²) in [6.45, 7) is 4.53. The fourth-order valence-corrected chi connectivity index (χ4v) is 3.48. The number of H-pyrrole nitrogens is 1. The van der Waals surface area contributed by atoms with Crippen molar-refractivity contribution in [1.29, 1.82) is 0 Å². The third-order valence-electron chi connectivity index (χ3n) is 4.70. The molecule has 4 rings (SSSR count). The number of halogens is 1. The van der Waals surface area contributed by atoms with Crippen LogP contribution in [0.15, 0.2) is 35.3 Å². The minimum Gasteiger partial charge on any atom is -0.364 e. The third kappa shape index (κ3) is 2.38. The van der Waals surface area contributed by atoms with Crippen molar-refractivity contribution < 1.29 is 0 Å². The molecule has 1 aromatic carbocycles. The lowest BCUT2D eigenvalue weighted by Crippen LogP contribution is -2.24. The normalized spacial score (nSPS) is 16.5. The maximum atomic E-state index is 12.7. The van der Waals surface area contributed by atoms with Gasteiger partial charge in [0.1, 0.15) is 5.69 Å². The molecule has 1 aromatic rings. The van der Waals surface area contributed by atoms with Crippen LogP contribution in [0.2, 0.25) is 5.02 Å². The number of hydrogen-bond acceptors (Lipinski definition) is 2. The van der Waals surface area contributed by atoms with E-state index in [-0.39, 0.29) is 11.0 Å². The maximum Gasteiger partial charge on any atom is 0.282 e. The average molecular weight is 328 g/mol. The lowest BCUT2D eigenvalue weighted by atomic mass is 9.75. The summed E-state index contributed by atoms with van der Waals surface area (Å²) in [5, 5.41) is 5.28. The van der Waals surface area contributed by atoms with Gasteiger partial charge in [-0.25, -0.2) is 0 Å². The molecule has 0 aromatic heterocycles. The SMILES string of the molecule is CC1(C)CCc2[nH]cc3c(=O)n(-c4ccc(Cl)cc4)nc-3c2C1. The van der Waals surface area contributed by atoms with E-state index in [1.54, 1.807) is 18.3 Å². The van der Waals surface area contributed by atoms with Gasteiger partial charge < -0.3 is 4.98 Å². The zero-order valence-corrected chi connectivity index (χ0v) is 13.9. The summed E-state index contributed by atoms with van der Waals surface area (Å²) in [6.07, 6.45) is 4.88. The number of pyridine rings is 1. The first-order valence-electron chi connectivity index (χ1n) is 7.83. The highest BCUT2D eigenvalue weighted by Gasteiger charge is 2.31. The number of benzene rings is 1. The molecule has 0 fully saturated rings. The predicted octanol–water partition coefficient (Wildman–Crippen LogP) is 3.83. The Morgan fingerprint density at radius 2 is 2.00 bits per heavy atom. The van der Waals surface area contributed by atoms with E-state index in [0.717, 1.165) is 30.6 Å². The van der Waals surface area contributed by atoms with E-state index in [1.807, 2.05) is 12.1 Å². The smallest absolute Gasteiger partial charge is 0.282 e. The van der Waals surface area contributed by atoms with Crippen LogP contribution in [0.25, 0.3) is 16.9 Å². The Hall–Kier alpha value is -2.07. The molecule has 0 unspecified atom stereocenters. The second-order valence-electron chi connectivity index (χ2n) is 7.04. The summed E-state index contributed by atoms with van der Waals surface area (Å²) < 4.78 is 1.47. The van der Waals surface area contributed by atoms with Crippen molar-refractivity contribution in [3.05, 3.63) is 57.1 Å². The van der Waals surface area contributed by atoms with Crippen molar-refractivity contribution in [3.8, 4) is 16.9 Å². The van der Waals surface area contributed by atoms with Crippen molar-refractivity contribution in [2.24, 2.45) is 5.41 Å². The number of fused-ring (bicyclic) bond motifs is 3. The minimum absolute atomic E-state index is 0.0928. The Morgan fingerprint density at radius 3 is 2.74 bits per heavy atom. The summed E-state index contributed by atoms with van der Waals surface area (Å²) in [5.41, 5.74) is 4.75. The van der Waals surface area contributed by atoms with Gasteiger partial charge in [-0.05, 0) is 48.9 Å². The molecule has 5 heteroatoms. The van der Waals surface area contributed by atoms with Gasteiger partial charge in [-0.2, -0.15) is 9.78 Å². The Labute approximate surface area is 139 Å². The summed E-state index contributed by atoms with van der Waals surface area (Å²) in [7, 11) is 0. The first-order chi connectivity index (χ1) is 10.9. The van der Waals surface area contributed by atoms with E-state index < -0.39 is 0 Å². The van der Waals surface area contributed by atoms with Crippen LogP contribution in [-0.4, -0.2) is 14.8 Å². The molecule has 0 saturated carbocycles. The number of aromatic nitrogens is 3. The van der Waals surface area contributed by atoms with E-state index in [9.17, 15) is 4.79 Å². The van der Waals surface area contributed by atoms with Crippen molar-refractivity contribution in [2.75, 3.05) is 0 Å². The van der Waals surface area contributed by atoms with Gasteiger partial charge in [-0.3, -0.25) is 4.79 Å². The van der Waals surface area contributed by atoms with Crippen molar-refractivity contribution in [1.82, 2.24) is 14.8 Å². The molecular formula is C18H18ClN3O.